The summed E-state index contributed by atoms with van der Waals surface area (Å²) < 4.78 is 37.9. The standard InChI is InChI=1S/C15H18F3N3O5/c1-9(14(23)24)8-20(2)13(22)5-6-19-11-4-3-10(15(16,17)18)7-12(11)21(25)26/h3-4,7,9,19H,5-6,8H2,1-2H3,(H,23,24). The molecule has 1 unspecified atom stereocenters. The SMILES string of the molecule is CC(CN(C)C(=O)CCNc1ccc(C(F)(F)F)cc1[N+](=O)[O-])C(=O)O. The summed E-state index contributed by atoms with van der Waals surface area (Å²) in [5.41, 5.74) is -2.04. The maximum atomic E-state index is 12.6. The van der Waals surface area contributed by atoms with Crippen molar-refractivity contribution in [3.63, 3.8) is 0 Å². The van der Waals surface area contributed by atoms with Crippen molar-refractivity contribution in [1.82, 2.24) is 4.90 Å². The summed E-state index contributed by atoms with van der Waals surface area (Å²) in [5.74, 6) is -2.21. The number of rotatable bonds is 8. The smallest absolute Gasteiger partial charge is 0.416 e. The summed E-state index contributed by atoms with van der Waals surface area (Å²) >= 11 is 0. The van der Waals surface area contributed by atoms with Crippen molar-refractivity contribution in [3.8, 4) is 0 Å². The van der Waals surface area contributed by atoms with Gasteiger partial charge in [-0.05, 0) is 12.1 Å². The molecule has 0 spiro atoms. The third kappa shape index (κ3) is 5.90. The molecule has 144 valence electrons. The number of carbonyl (C=O) groups is 2. The zero-order valence-electron chi connectivity index (χ0n) is 14.0. The van der Waals surface area contributed by atoms with E-state index in [-0.39, 0.29) is 25.2 Å². The molecule has 0 saturated heterocycles. The summed E-state index contributed by atoms with van der Waals surface area (Å²) in [6, 6.07) is 2.06. The number of nitrogens with zero attached hydrogens (tertiary/aromatic N) is 2. The molecule has 0 fully saturated rings. The maximum Gasteiger partial charge on any atom is 0.416 e. The zero-order valence-corrected chi connectivity index (χ0v) is 14.0. The van der Waals surface area contributed by atoms with Crippen LogP contribution in [0, 0.1) is 16.0 Å². The molecule has 1 rings (SSSR count). The summed E-state index contributed by atoms with van der Waals surface area (Å²) in [6.45, 7) is 1.38. The summed E-state index contributed by atoms with van der Waals surface area (Å²) in [6.07, 6.45) is -4.82. The molecular weight excluding hydrogens is 359 g/mol. The van der Waals surface area contributed by atoms with Crippen LogP contribution in [0.2, 0.25) is 0 Å². The molecule has 11 heteroatoms. The molecule has 0 aliphatic rings. The third-order valence-electron chi connectivity index (χ3n) is 3.57. The molecule has 0 aliphatic carbocycles. The van der Waals surface area contributed by atoms with Crippen molar-refractivity contribution in [3.05, 3.63) is 33.9 Å². The molecule has 1 aromatic rings. The Morgan fingerprint density at radius 2 is 2.00 bits per heavy atom. The van der Waals surface area contributed by atoms with Crippen LogP contribution in [0.3, 0.4) is 0 Å². The summed E-state index contributed by atoms with van der Waals surface area (Å²) in [7, 11) is 1.42. The van der Waals surface area contributed by atoms with Gasteiger partial charge in [0.25, 0.3) is 5.69 Å². The largest absolute Gasteiger partial charge is 0.481 e. The van der Waals surface area contributed by atoms with Gasteiger partial charge in [-0.3, -0.25) is 19.7 Å². The van der Waals surface area contributed by atoms with Gasteiger partial charge >= 0.3 is 12.1 Å². The van der Waals surface area contributed by atoms with Gasteiger partial charge in [0, 0.05) is 32.6 Å². The molecular formula is C15H18F3N3O5. The fourth-order valence-corrected chi connectivity index (χ4v) is 2.09. The highest BCUT2D eigenvalue weighted by molar-refractivity contribution is 5.78. The number of aliphatic carboxylic acids is 1. The Labute approximate surface area is 146 Å². The lowest BCUT2D eigenvalue weighted by Crippen LogP contribution is -2.34. The molecule has 0 heterocycles. The monoisotopic (exact) mass is 377 g/mol. The Morgan fingerprint density at radius 1 is 1.38 bits per heavy atom. The van der Waals surface area contributed by atoms with Crippen molar-refractivity contribution in [2.24, 2.45) is 5.92 Å². The van der Waals surface area contributed by atoms with E-state index in [0.717, 1.165) is 6.07 Å². The van der Waals surface area contributed by atoms with Gasteiger partial charge in [0.1, 0.15) is 5.69 Å². The maximum absolute atomic E-state index is 12.6. The number of anilines is 1. The number of carbonyl (C=O) groups excluding carboxylic acids is 1. The minimum absolute atomic E-state index is 0.00536. The Balaban J connectivity index is 2.71. The highest BCUT2D eigenvalue weighted by Crippen LogP contribution is 2.34. The molecule has 0 aliphatic heterocycles. The molecule has 1 aromatic carbocycles. The first kappa shape index (κ1) is 21.2. The number of nitro benzene ring substituents is 1. The van der Waals surface area contributed by atoms with Crippen molar-refractivity contribution in [2.45, 2.75) is 19.5 Å². The van der Waals surface area contributed by atoms with Crippen LogP contribution in [-0.2, 0) is 15.8 Å². The first-order valence-corrected chi connectivity index (χ1v) is 7.49. The van der Waals surface area contributed by atoms with Gasteiger partial charge < -0.3 is 15.3 Å². The molecule has 26 heavy (non-hydrogen) atoms. The second-order valence-corrected chi connectivity index (χ2v) is 5.68. The zero-order chi connectivity index (χ0) is 20.1. The molecule has 0 bridgehead atoms. The Bertz CT molecular complexity index is 694. The number of nitrogens with one attached hydrogen (secondary N) is 1. The Kier molecular flexibility index (Phi) is 6.93. The molecule has 0 saturated carbocycles. The highest BCUT2D eigenvalue weighted by atomic mass is 19.4. The van der Waals surface area contributed by atoms with Crippen LogP contribution in [-0.4, -0.2) is 46.9 Å². The van der Waals surface area contributed by atoms with Crippen LogP contribution < -0.4 is 5.32 Å². The molecule has 8 nitrogen and oxygen atoms in total. The van der Waals surface area contributed by atoms with E-state index in [1.54, 1.807) is 0 Å². The Hall–Kier alpha value is -2.85. The van der Waals surface area contributed by atoms with Crippen LogP contribution in [0.25, 0.3) is 0 Å². The number of nitro groups is 1. The number of benzene rings is 1. The summed E-state index contributed by atoms with van der Waals surface area (Å²) in [4.78, 5) is 33.9. The highest BCUT2D eigenvalue weighted by Gasteiger charge is 2.33. The average molecular weight is 377 g/mol. The van der Waals surface area contributed by atoms with Gasteiger partial charge in [0.15, 0.2) is 0 Å². The topological polar surface area (TPSA) is 113 Å². The number of hydrogen-bond donors (Lipinski definition) is 2. The van der Waals surface area contributed by atoms with E-state index in [9.17, 15) is 32.9 Å². The fraction of sp³-hybridized carbons (Fsp3) is 0.467. The van der Waals surface area contributed by atoms with E-state index >= 15 is 0 Å². The number of alkyl halides is 3. The number of carboxylic acid groups (broad SMARTS) is 1. The number of hydrogen-bond acceptors (Lipinski definition) is 5. The van der Waals surface area contributed by atoms with Crippen LogP contribution in [0.4, 0.5) is 24.5 Å². The predicted octanol–water partition coefficient (Wildman–Crippen LogP) is 2.59. The minimum Gasteiger partial charge on any atom is -0.481 e. The van der Waals surface area contributed by atoms with Crippen molar-refractivity contribution >= 4 is 23.3 Å². The van der Waals surface area contributed by atoms with Gasteiger partial charge in [0.05, 0.1) is 16.4 Å². The lowest BCUT2D eigenvalue weighted by atomic mass is 10.1. The second-order valence-electron chi connectivity index (χ2n) is 5.68. The van der Waals surface area contributed by atoms with Gasteiger partial charge in [-0.15, -0.1) is 0 Å². The normalized spacial score (nSPS) is 12.3. The molecule has 1 atom stereocenters. The lowest BCUT2D eigenvalue weighted by molar-refractivity contribution is -0.384. The van der Waals surface area contributed by atoms with Crippen LogP contribution in [0.5, 0.6) is 0 Å². The molecule has 2 N–H and O–H groups in total. The minimum atomic E-state index is -4.71. The van der Waals surface area contributed by atoms with E-state index < -0.39 is 40.1 Å². The fourth-order valence-electron chi connectivity index (χ4n) is 2.09. The van der Waals surface area contributed by atoms with E-state index in [0.29, 0.717) is 12.1 Å². The molecule has 0 radical (unpaired) electrons. The van der Waals surface area contributed by atoms with Crippen LogP contribution in [0.15, 0.2) is 18.2 Å². The van der Waals surface area contributed by atoms with E-state index in [2.05, 4.69) is 5.32 Å². The summed E-state index contributed by atoms with van der Waals surface area (Å²) in [5, 5.41) is 22.3. The Morgan fingerprint density at radius 3 is 2.50 bits per heavy atom. The van der Waals surface area contributed by atoms with E-state index in [1.807, 2.05) is 0 Å². The second kappa shape index (κ2) is 8.50. The van der Waals surface area contributed by atoms with E-state index in [4.69, 9.17) is 5.11 Å². The van der Waals surface area contributed by atoms with Crippen molar-refractivity contribution < 1.29 is 32.8 Å². The van der Waals surface area contributed by atoms with Gasteiger partial charge in [-0.2, -0.15) is 13.2 Å². The number of halogens is 3. The lowest BCUT2D eigenvalue weighted by Gasteiger charge is -2.19. The quantitative estimate of drug-likeness (QED) is 0.532. The first-order valence-electron chi connectivity index (χ1n) is 7.49. The predicted molar refractivity (Wildman–Crippen MR) is 85.6 cm³/mol. The van der Waals surface area contributed by atoms with E-state index in [1.165, 1.54) is 18.9 Å². The van der Waals surface area contributed by atoms with Crippen molar-refractivity contribution in [1.29, 1.82) is 0 Å². The third-order valence-corrected chi connectivity index (χ3v) is 3.57. The van der Waals surface area contributed by atoms with Gasteiger partial charge in [0.2, 0.25) is 5.91 Å². The first-order chi connectivity index (χ1) is 11.9. The van der Waals surface area contributed by atoms with Gasteiger partial charge in [-0.25, -0.2) is 0 Å². The number of amides is 1. The van der Waals surface area contributed by atoms with Crippen molar-refractivity contribution in [2.75, 3.05) is 25.5 Å². The molecule has 0 aromatic heterocycles. The molecule has 1 amide bonds. The number of carboxylic acids is 1. The van der Waals surface area contributed by atoms with Gasteiger partial charge in [-0.1, -0.05) is 6.92 Å². The van der Waals surface area contributed by atoms with Crippen LogP contribution >= 0.6 is 0 Å². The van der Waals surface area contributed by atoms with Crippen LogP contribution in [0.1, 0.15) is 18.9 Å². The average Bonchev–Trinajstić information content (AvgIpc) is 2.53.